The van der Waals surface area contributed by atoms with Crippen LogP contribution in [0.25, 0.3) is 0 Å². The van der Waals surface area contributed by atoms with Crippen LogP contribution in [0.1, 0.15) is 6.92 Å². The molecule has 66 valence electrons. The molecule has 12 heavy (non-hydrogen) atoms. The van der Waals surface area contributed by atoms with Gasteiger partial charge in [0.05, 0.1) is 10.2 Å². The van der Waals surface area contributed by atoms with Gasteiger partial charge >= 0.3 is 5.97 Å². The Balaban J connectivity index is 2.98. The third kappa shape index (κ3) is 1.98. The van der Waals surface area contributed by atoms with E-state index >= 15 is 0 Å². The number of rotatable bonds is 1. The monoisotopic (exact) mass is 294 g/mol. The van der Waals surface area contributed by atoms with Crippen molar-refractivity contribution in [1.82, 2.24) is 0 Å². The van der Waals surface area contributed by atoms with Crippen molar-refractivity contribution in [3.63, 3.8) is 0 Å². The lowest BCUT2D eigenvalue weighted by atomic mass is 9.90. The van der Waals surface area contributed by atoms with Crippen molar-refractivity contribution >= 4 is 37.8 Å². The van der Waals surface area contributed by atoms with Crippen LogP contribution in [0.15, 0.2) is 22.7 Å². The first-order valence-corrected chi connectivity index (χ1v) is 5.00. The van der Waals surface area contributed by atoms with Crippen LogP contribution >= 0.6 is 31.9 Å². The standard InChI is InChI=1S/C8H8Br2O2/c1-8(10)3-2-5(9)4-6(8)7(11)12/h2-4,6H,1H3,(H,11,12). The molecule has 1 aliphatic carbocycles. The first-order chi connectivity index (χ1) is 5.43. The van der Waals surface area contributed by atoms with Crippen LogP contribution in [0, 0.1) is 5.92 Å². The SMILES string of the molecule is CC1(Br)C=CC(Br)=CC1C(=O)O. The third-order valence-corrected chi connectivity index (χ3v) is 3.05. The van der Waals surface area contributed by atoms with Crippen molar-refractivity contribution in [2.45, 2.75) is 11.2 Å². The summed E-state index contributed by atoms with van der Waals surface area (Å²) in [6.07, 6.45) is 5.35. The van der Waals surface area contributed by atoms with Crippen molar-refractivity contribution < 1.29 is 9.90 Å². The number of carboxylic acids is 1. The quantitative estimate of drug-likeness (QED) is 0.755. The van der Waals surface area contributed by atoms with E-state index < -0.39 is 16.2 Å². The van der Waals surface area contributed by atoms with Crippen LogP contribution < -0.4 is 0 Å². The zero-order valence-electron chi connectivity index (χ0n) is 6.42. The Morgan fingerprint density at radius 2 is 2.33 bits per heavy atom. The zero-order chi connectivity index (χ0) is 9.35. The van der Waals surface area contributed by atoms with Gasteiger partial charge in [0.15, 0.2) is 0 Å². The van der Waals surface area contributed by atoms with Crippen LogP contribution in [-0.4, -0.2) is 15.4 Å². The molecule has 0 fully saturated rings. The molecule has 0 aromatic carbocycles. The van der Waals surface area contributed by atoms with Gasteiger partial charge in [-0.3, -0.25) is 4.79 Å². The van der Waals surface area contributed by atoms with Gasteiger partial charge in [0.1, 0.15) is 0 Å². The summed E-state index contributed by atoms with van der Waals surface area (Å²) in [6.45, 7) is 1.83. The molecule has 4 heteroatoms. The maximum absolute atomic E-state index is 10.8. The van der Waals surface area contributed by atoms with Crippen LogP contribution in [0.5, 0.6) is 0 Å². The van der Waals surface area contributed by atoms with E-state index in [0.29, 0.717) is 0 Å². The Bertz CT molecular complexity index is 266. The van der Waals surface area contributed by atoms with E-state index in [9.17, 15) is 4.79 Å². The van der Waals surface area contributed by atoms with Crippen molar-refractivity contribution in [2.24, 2.45) is 5.92 Å². The Kier molecular flexibility index (Phi) is 2.78. The normalized spacial score (nSPS) is 34.6. The minimum Gasteiger partial charge on any atom is -0.481 e. The first-order valence-electron chi connectivity index (χ1n) is 3.42. The van der Waals surface area contributed by atoms with Crippen molar-refractivity contribution in [1.29, 1.82) is 0 Å². The average Bonchev–Trinajstić information content (AvgIpc) is 1.94. The molecule has 0 saturated heterocycles. The molecule has 0 radical (unpaired) electrons. The second kappa shape index (κ2) is 3.34. The van der Waals surface area contributed by atoms with Gasteiger partial charge in [-0.05, 0) is 6.92 Å². The molecule has 1 rings (SSSR count). The number of hydrogen-bond donors (Lipinski definition) is 1. The van der Waals surface area contributed by atoms with E-state index in [1.807, 2.05) is 19.1 Å². The van der Waals surface area contributed by atoms with Gasteiger partial charge in [-0.2, -0.15) is 0 Å². The summed E-state index contributed by atoms with van der Waals surface area (Å²) >= 11 is 6.59. The molecular formula is C8H8Br2O2. The maximum atomic E-state index is 10.8. The maximum Gasteiger partial charge on any atom is 0.312 e. The smallest absolute Gasteiger partial charge is 0.312 e. The fraction of sp³-hybridized carbons (Fsp3) is 0.375. The zero-order valence-corrected chi connectivity index (χ0v) is 9.59. The molecule has 1 N–H and O–H groups in total. The lowest BCUT2D eigenvalue weighted by Crippen LogP contribution is -2.32. The molecular weight excluding hydrogens is 288 g/mol. The summed E-state index contributed by atoms with van der Waals surface area (Å²) in [5, 5.41) is 8.86. The van der Waals surface area contributed by atoms with Gasteiger partial charge in [-0.1, -0.05) is 50.1 Å². The van der Waals surface area contributed by atoms with E-state index in [-0.39, 0.29) is 0 Å². The number of hydrogen-bond acceptors (Lipinski definition) is 1. The van der Waals surface area contributed by atoms with Crippen LogP contribution in [0.4, 0.5) is 0 Å². The van der Waals surface area contributed by atoms with Crippen molar-refractivity contribution in [3.8, 4) is 0 Å². The van der Waals surface area contributed by atoms with Crippen molar-refractivity contribution in [3.05, 3.63) is 22.7 Å². The van der Waals surface area contributed by atoms with E-state index in [4.69, 9.17) is 5.11 Å². The minimum atomic E-state index is -0.823. The molecule has 2 nitrogen and oxygen atoms in total. The van der Waals surface area contributed by atoms with Gasteiger partial charge in [-0.25, -0.2) is 0 Å². The molecule has 0 aromatic rings. The summed E-state index contributed by atoms with van der Waals surface area (Å²) < 4.78 is 0.336. The summed E-state index contributed by atoms with van der Waals surface area (Å²) in [5.41, 5.74) is 0. The van der Waals surface area contributed by atoms with Crippen LogP contribution in [0.3, 0.4) is 0 Å². The number of aliphatic carboxylic acids is 1. The number of allylic oxidation sites excluding steroid dienone is 3. The number of carboxylic acid groups (broad SMARTS) is 1. The molecule has 1 aliphatic rings. The Hall–Kier alpha value is -0.0900. The topological polar surface area (TPSA) is 37.3 Å². The molecule has 0 heterocycles. The summed E-state index contributed by atoms with van der Waals surface area (Å²) in [5.74, 6) is -1.34. The average molecular weight is 296 g/mol. The van der Waals surface area contributed by atoms with Gasteiger partial charge in [0.25, 0.3) is 0 Å². The highest BCUT2D eigenvalue weighted by Crippen LogP contribution is 2.36. The number of alkyl halides is 1. The second-order valence-corrected chi connectivity index (χ2v) is 5.48. The largest absolute Gasteiger partial charge is 0.481 e. The first kappa shape index (κ1) is 9.99. The lowest BCUT2D eigenvalue weighted by molar-refractivity contribution is -0.140. The van der Waals surface area contributed by atoms with Gasteiger partial charge in [0, 0.05) is 4.48 Å². The summed E-state index contributed by atoms with van der Waals surface area (Å²) in [6, 6.07) is 0. The van der Waals surface area contributed by atoms with Crippen LogP contribution in [-0.2, 0) is 4.79 Å². The predicted octanol–water partition coefficient (Wildman–Crippen LogP) is 2.69. The number of carbonyl (C=O) groups is 1. The molecule has 0 amide bonds. The van der Waals surface area contributed by atoms with Gasteiger partial charge < -0.3 is 5.11 Å². The Labute approximate surface area is 87.6 Å². The van der Waals surface area contributed by atoms with Crippen molar-refractivity contribution in [2.75, 3.05) is 0 Å². The number of halogens is 2. The molecule has 0 aromatic heterocycles. The predicted molar refractivity (Wildman–Crippen MR) is 54.6 cm³/mol. The van der Waals surface area contributed by atoms with E-state index in [2.05, 4.69) is 31.9 Å². The highest BCUT2D eigenvalue weighted by Gasteiger charge is 2.35. The lowest BCUT2D eigenvalue weighted by Gasteiger charge is -2.26. The van der Waals surface area contributed by atoms with E-state index in [0.717, 1.165) is 4.48 Å². The van der Waals surface area contributed by atoms with Gasteiger partial charge in [-0.15, -0.1) is 0 Å². The Morgan fingerprint density at radius 3 is 2.75 bits per heavy atom. The minimum absolute atomic E-state index is 0.476. The molecule has 0 bridgehead atoms. The van der Waals surface area contributed by atoms with E-state index in [1.54, 1.807) is 6.08 Å². The molecule has 2 unspecified atom stereocenters. The molecule has 2 atom stereocenters. The highest BCUT2D eigenvalue weighted by molar-refractivity contribution is 9.12. The van der Waals surface area contributed by atoms with E-state index in [1.165, 1.54) is 0 Å². The Morgan fingerprint density at radius 1 is 1.75 bits per heavy atom. The highest BCUT2D eigenvalue weighted by atomic mass is 79.9. The molecule has 0 aliphatic heterocycles. The second-order valence-electron chi connectivity index (χ2n) is 2.85. The fourth-order valence-electron chi connectivity index (χ4n) is 1.04. The summed E-state index contributed by atoms with van der Waals surface area (Å²) in [7, 11) is 0. The molecule has 0 spiro atoms. The third-order valence-electron chi connectivity index (χ3n) is 1.77. The van der Waals surface area contributed by atoms with Gasteiger partial charge in [0.2, 0.25) is 0 Å². The fourth-order valence-corrected chi connectivity index (χ4v) is 1.89. The van der Waals surface area contributed by atoms with Crippen LogP contribution in [0.2, 0.25) is 0 Å². The summed E-state index contributed by atoms with van der Waals surface area (Å²) in [4.78, 5) is 10.8. The molecule has 0 saturated carbocycles.